The number of benzene rings is 2. The Labute approximate surface area is 127 Å². The van der Waals surface area contributed by atoms with Crippen LogP contribution >= 0.6 is 11.6 Å². The molecule has 0 spiro atoms. The van der Waals surface area contributed by atoms with Crippen LogP contribution < -0.4 is 5.73 Å². The van der Waals surface area contributed by atoms with Crippen molar-refractivity contribution in [2.24, 2.45) is 0 Å². The Morgan fingerprint density at radius 1 is 1.24 bits per heavy atom. The number of halogens is 2. The fourth-order valence-electron chi connectivity index (χ4n) is 2.52. The number of para-hydroxylation sites is 1. The molecule has 0 aliphatic rings. The van der Waals surface area contributed by atoms with Gasteiger partial charge in [0.15, 0.2) is 0 Å². The van der Waals surface area contributed by atoms with Crippen molar-refractivity contribution in [3.8, 4) is 5.69 Å². The SMILES string of the molecule is CC(C)c1ccccc1-n1c(N)nc2cc(F)c(Cl)cc21. The van der Waals surface area contributed by atoms with Gasteiger partial charge in [0.25, 0.3) is 0 Å². The molecule has 2 aromatic carbocycles. The lowest BCUT2D eigenvalue weighted by Crippen LogP contribution is -2.05. The molecule has 21 heavy (non-hydrogen) atoms. The zero-order valence-corrected chi connectivity index (χ0v) is 12.5. The van der Waals surface area contributed by atoms with Crippen LogP contribution in [0.5, 0.6) is 0 Å². The standard InChI is InChI=1S/C16H15ClFN3/c1-9(2)10-5-3-4-6-14(10)21-15-7-11(17)12(18)8-13(15)20-16(21)19/h3-9H,1-2H3,(H2,19,20). The van der Waals surface area contributed by atoms with Crippen molar-refractivity contribution in [3.63, 3.8) is 0 Å². The lowest BCUT2D eigenvalue weighted by atomic mass is 10.0. The van der Waals surface area contributed by atoms with E-state index in [9.17, 15) is 4.39 Å². The zero-order valence-electron chi connectivity index (χ0n) is 11.8. The van der Waals surface area contributed by atoms with Crippen molar-refractivity contribution >= 4 is 28.6 Å². The molecular weight excluding hydrogens is 289 g/mol. The second kappa shape index (κ2) is 5.04. The van der Waals surface area contributed by atoms with E-state index in [4.69, 9.17) is 17.3 Å². The predicted octanol–water partition coefficient (Wildman–Crippen LogP) is 4.52. The van der Waals surface area contributed by atoms with Gasteiger partial charge in [0, 0.05) is 6.07 Å². The van der Waals surface area contributed by atoms with Crippen LogP contribution in [0.15, 0.2) is 36.4 Å². The summed E-state index contributed by atoms with van der Waals surface area (Å²) >= 11 is 5.90. The third-order valence-corrected chi connectivity index (χ3v) is 3.81. The molecule has 2 N–H and O–H groups in total. The van der Waals surface area contributed by atoms with Crippen molar-refractivity contribution in [1.82, 2.24) is 9.55 Å². The van der Waals surface area contributed by atoms with E-state index in [2.05, 4.69) is 24.9 Å². The average molecular weight is 304 g/mol. The molecular formula is C16H15ClFN3. The van der Waals surface area contributed by atoms with E-state index >= 15 is 0 Å². The largest absolute Gasteiger partial charge is 0.369 e. The van der Waals surface area contributed by atoms with Crippen molar-refractivity contribution in [2.75, 3.05) is 5.73 Å². The molecule has 108 valence electrons. The summed E-state index contributed by atoms with van der Waals surface area (Å²) in [4.78, 5) is 4.23. The van der Waals surface area contributed by atoms with Crippen LogP contribution in [-0.2, 0) is 0 Å². The Balaban J connectivity index is 2.35. The Hall–Kier alpha value is -2.07. The molecule has 0 saturated heterocycles. The van der Waals surface area contributed by atoms with Gasteiger partial charge in [-0.15, -0.1) is 0 Å². The quantitative estimate of drug-likeness (QED) is 0.756. The number of nitrogen functional groups attached to an aromatic ring is 1. The normalized spacial score (nSPS) is 11.5. The highest BCUT2D eigenvalue weighted by Gasteiger charge is 2.16. The van der Waals surface area contributed by atoms with E-state index in [0.717, 1.165) is 11.3 Å². The summed E-state index contributed by atoms with van der Waals surface area (Å²) in [6.07, 6.45) is 0. The number of hydrogen-bond donors (Lipinski definition) is 1. The lowest BCUT2D eigenvalue weighted by Gasteiger charge is -2.15. The van der Waals surface area contributed by atoms with Crippen LogP contribution in [0.1, 0.15) is 25.3 Å². The molecule has 0 radical (unpaired) electrons. The van der Waals surface area contributed by atoms with Crippen molar-refractivity contribution in [3.05, 3.63) is 52.8 Å². The first-order chi connectivity index (χ1) is 9.99. The molecule has 0 amide bonds. The summed E-state index contributed by atoms with van der Waals surface area (Å²) in [6.45, 7) is 4.22. The summed E-state index contributed by atoms with van der Waals surface area (Å²) in [7, 11) is 0. The van der Waals surface area contributed by atoms with Crippen molar-refractivity contribution in [1.29, 1.82) is 0 Å². The van der Waals surface area contributed by atoms with Crippen LogP contribution in [0.3, 0.4) is 0 Å². The summed E-state index contributed by atoms with van der Waals surface area (Å²) in [5, 5.41) is 0.0608. The average Bonchev–Trinajstić information content (AvgIpc) is 2.74. The summed E-state index contributed by atoms with van der Waals surface area (Å²) in [5.41, 5.74) is 9.32. The van der Waals surface area contributed by atoms with Gasteiger partial charge in [-0.1, -0.05) is 43.6 Å². The summed E-state index contributed by atoms with van der Waals surface area (Å²) in [5.74, 6) is 0.152. The highest BCUT2D eigenvalue weighted by molar-refractivity contribution is 6.31. The fraction of sp³-hybridized carbons (Fsp3) is 0.188. The third kappa shape index (κ3) is 2.25. The first-order valence-corrected chi connectivity index (χ1v) is 7.09. The second-order valence-electron chi connectivity index (χ2n) is 5.27. The van der Waals surface area contributed by atoms with Gasteiger partial charge in [0.1, 0.15) is 5.82 Å². The maximum absolute atomic E-state index is 13.6. The molecule has 0 bridgehead atoms. The van der Waals surface area contributed by atoms with Gasteiger partial charge in [-0.2, -0.15) is 0 Å². The second-order valence-corrected chi connectivity index (χ2v) is 5.68. The smallest absolute Gasteiger partial charge is 0.205 e. The molecule has 1 aromatic heterocycles. The van der Waals surface area contributed by atoms with Gasteiger partial charge < -0.3 is 5.73 Å². The zero-order chi connectivity index (χ0) is 15.1. The van der Waals surface area contributed by atoms with Crippen molar-refractivity contribution in [2.45, 2.75) is 19.8 Å². The maximum atomic E-state index is 13.6. The minimum absolute atomic E-state index is 0.0608. The van der Waals surface area contributed by atoms with Gasteiger partial charge >= 0.3 is 0 Å². The van der Waals surface area contributed by atoms with E-state index in [0.29, 0.717) is 22.9 Å². The lowest BCUT2D eigenvalue weighted by molar-refractivity contribution is 0.630. The molecule has 3 nitrogen and oxygen atoms in total. The summed E-state index contributed by atoms with van der Waals surface area (Å²) < 4.78 is 15.4. The number of anilines is 1. The Morgan fingerprint density at radius 3 is 2.67 bits per heavy atom. The molecule has 0 fully saturated rings. The highest BCUT2D eigenvalue weighted by atomic mass is 35.5. The van der Waals surface area contributed by atoms with Crippen LogP contribution in [0, 0.1) is 5.82 Å². The molecule has 0 aliphatic carbocycles. The van der Waals surface area contributed by atoms with E-state index in [1.807, 2.05) is 22.8 Å². The first-order valence-electron chi connectivity index (χ1n) is 6.71. The van der Waals surface area contributed by atoms with Crippen molar-refractivity contribution < 1.29 is 4.39 Å². The van der Waals surface area contributed by atoms with E-state index in [-0.39, 0.29) is 5.02 Å². The van der Waals surface area contributed by atoms with Crippen LogP contribution in [0.4, 0.5) is 10.3 Å². The van der Waals surface area contributed by atoms with Gasteiger partial charge in [-0.05, 0) is 23.6 Å². The summed E-state index contributed by atoms with van der Waals surface area (Å²) in [6, 6.07) is 10.8. The predicted molar refractivity (Wildman–Crippen MR) is 84.5 cm³/mol. The van der Waals surface area contributed by atoms with Crippen LogP contribution in [0.2, 0.25) is 5.02 Å². The molecule has 3 aromatic rings. The molecule has 3 rings (SSSR count). The van der Waals surface area contributed by atoms with E-state index in [1.54, 1.807) is 6.07 Å². The number of rotatable bonds is 2. The Morgan fingerprint density at radius 2 is 1.95 bits per heavy atom. The van der Waals surface area contributed by atoms with Crippen LogP contribution in [0.25, 0.3) is 16.7 Å². The molecule has 0 atom stereocenters. The van der Waals surface area contributed by atoms with Gasteiger partial charge in [-0.3, -0.25) is 4.57 Å². The Bertz CT molecular complexity index is 824. The number of nitrogens with two attached hydrogens (primary N) is 1. The molecule has 1 heterocycles. The maximum Gasteiger partial charge on any atom is 0.205 e. The molecule has 5 heteroatoms. The fourth-order valence-corrected chi connectivity index (χ4v) is 2.68. The van der Waals surface area contributed by atoms with Gasteiger partial charge in [0.2, 0.25) is 5.95 Å². The first kappa shape index (κ1) is 13.9. The molecule has 0 aliphatic heterocycles. The van der Waals surface area contributed by atoms with E-state index in [1.165, 1.54) is 6.07 Å². The molecule has 0 unspecified atom stereocenters. The Kier molecular flexibility index (Phi) is 3.33. The van der Waals surface area contributed by atoms with Gasteiger partial charge in [-0.25, -0.2) is 9.37 Å². The monoisotopic (exact) mass is 303 g/mol. The highest BCUT2D eigenvalue weighted by Crippen LogP contribution is 2.31. The number of fused-ring (bicyclic) bond motifs is 1. The number of aromatic nitrogens is 2. The topological polar surface area (TPSA) is 43.8 Å². The van der Waals surface area contributed by atoms with Crippen LogP contribution in [-0.4, -0.2) is 9.55 Å². The molecule has 0 saturated carbocycles. The minimum Gasteiger partial charge on any atom is -0.369 e. The third-order valence-electron chi connectivity index (χ3n) is 3.52. The number of nitrogens with zero attached hydrogens (tertiary/aromatic N) is 2. The van der Waals surface area contributed by atoms with E-state index < -0.39 is 5.82 Å². The minimum atomic E-state index is -0.494. The number of imidazole rings is 1. The number of hydrogen-bond acceptors (Lipinski definition) is 2. The van der Waals surface area contributed by atoms with Gasteiger partial charge in [0.05, 0.1) is 21.7 Å².